The van der Waals surface area contributed by atoms with Crippen molar-refractivity contribution in [3.05, 3.63) is 85.5 Å². The highest BCUT2D eigenvalue weighted by molar-refractivity contribution is 6.30. The van der Waals surface area contributed by atoms with Gasteiger partial charge in [-0.2, -0.15) is 0 Å². The summed E-state index contributed by atoms with van der Waals surface area (Å²) < 4.78 is 11.2. The van der Waals surface area contributed by atoms with E-state index in [1.165, 1.54) is 44.6 Å². The van der Waals surface area contributed by atoms with E-state index in [1.807, 2.05) is 4.98 Å². The van der Waals surface area contributed by atoms with Crippen LogP contribution in [0.4, 0.5) is 0 Å². The molecule has 0 saturated heterocycles. The number of methoxy groups -OCH3 is 2. The average molecular weight is 429 g/mol. The summed E-state index contributed by atoms with van der Waals surface area (Å²) in [7, 11) is 2.98. The third kappa shape index (κ3) is 4.13. The van der Waals surface area contributed by atoms with Crippen LogP contribution < -0.4 is 20.7 Å². The van der Waals surface area contributed by atoms with Gasteiger partial charge in [-0.15, -0.1) is 0 Å². The Hall–Kier alpha value is -3.78. The molecule has 0 unspecified atom stereocenters. The number of halogens is 1. The molecule has 2 N–H and O–H groups in total. The van der Waals surface area contributed by atoms with Gasteiger partial charge in [-0.1, -0.05) is 11.6 Å². The number of aromatic nitrogens is 2. The minimum atomic E-state index is -1.00. The van der Waals surface area contributed by atoms with Crippen LogP contribution in [0.2, 0.25) is 5.02 Å². The first-order chi connectivity index (χ1) is 14.3. The number of benzene rings is 2. The van der Waals surface area contributed by atoms with Gasteiger partial charge in [0.25, 0.3) is 5.56 Å². The van der Waals surface area contributed by atoms with Crippen LogP contribution in [0.3, 0.4) is 0 Å². The van der Waals surface area contributed by atoms with Crippen LogP contribution in [-0.4, -0.2) is 34.7 Å². The van der Waals surface area contributed by atoms with Crippen LogP contribution in [0.15, 0.2) is 58.1 Å². The number of nitrogens with zero attached hydrogens (tertiary/aromatic N) is 1. The zero-order valence-corrected chi connectivity index (χ0v) is 16.8. The molecule has 0 radical (unpaired) electrons. The Morgan fingerprint density at radius 3 is 2.43 bits per heavy atom. The molecule has 0 fully saturated rings. The van der Waals surface area contributed by atoms with E-state index >= 15 is 0 Å². The van der Waals surface area contributed by atoms with Crippen molar-refractivity contribution in [3.63, 3.8) is 0 Å². The standard InChI is InChI=1S/C21H17ClN2O6/c1-29-15-9-3-12(17(11-15)30-2)4-10-16(25)18-19(26)23-21(28)24(20(18)27)14-7-5-13(22)6-8-14/h3-11,27H,1-2H3,(H,23,26,28). The lowest BCUT2D eigenvalue weighted by atomic mass is 10.1. The summed E-state index contributed by atoms with van der Waals surface area (Å²) in [5.41, 5.74) is -1.69. The van der Waals surface area contributed by atoms with E-state index in [4.69, 9.17) is 21.1 Å². The van der Waals surface area contributed by atoms with Gasteiger partial charge in [0.15, 0.2) is 5.78 Å². The summed E-state index contributed by atoms with van der Waals surface area (Å²) in [5.74, 6) is -0.557. The van der Waals surface area contributed by atoms with Crippen LogP contribution in [0, 0.1) is 0 Å². The molecule has 0 spiro atoms. The van der Waals surface area contributed by atoms with Gasteiger partial charge >= 0.3 is 5.69 Å². The fourth-order valence-corrected chi connectivity index (χ4v) is 2.91. The molecule has 0 aliphatic heterocycles. The molecule has 0 amide bonds. The largest absolute Gasteiger partial charge is 0.497 e. The van der Waals surface area contributed by atoms with E-state index in [9.17, 15) is 19.5 Å². The summed E-state index contributed by atoms with van der Waals surface area (Å²) in [6.45, 7) is 0. The molecule has 0 aliphatic carbocycles. The van der Waals surface area contributed by atoms with Crippen molar-refractivity contribution in [3.8, 4) is 23.1 Å². The van der Waals surface area contributed by atoms with Crippen molar-refractivity contribution >= 4 is 23.5 Å². The van der Waals surface area contributed by atoms with Crippen molar-refractivity contribution < 1.29 is 19.4 Å². The van der Waals surface area contributed by atoms with Crippen molar-refractivity contribution in [1.29, 1.82) is 0 Å². The molecule has 2 aromatic carbocycles. The third-order valence-electron chi connectivity index (χ3n) is 4.27. The number of hydrogen-bond acceptors (Lipinski definition) is 6. The first-order valence-corrected chi connectivity index (χ1v) is 9.02. The predicted molar refractivity (Wildman–Crippen MR) is 112 cm³/mol. The quantitative estimate of drug-likeness (QED) is 0.461. The summed E-state index contributed by atoms with van der Waals surface area (Å²) in [4.78, 5) is 39.1. The Balaban J connectivity index is 2.04. The number of rotatable bonds is 6. The molecule has 3 rings (SSSR count). The highest BCUT2D eigenvalue weighted by Gasteiger charge is 2.20. The summed E-state index contributed by atoms with van der Waals surface area (Å²) >= 11 is 5.84. The predicted octanol–water partition coefficient (Wildman–Crippen LogP) is 2.80. The van der Waals surface area contributed by atoms with Crippen LogP contribution in [0.5, 0.6) is 17.4 Å². The highest BCUT2D eigenvalue weighted by Crippen LogP contribution is 2.26. The zero-order chi connectivity index (χ0) is 21.8. The van der Waals surface area contributed by atoms with Gasteiger partial charge in [-0.25, -0.2) is 9.36 Å². The van der Waals surface area contributed by atoms with Gasteiger partial charge in [-0.3, -0.25) is 14.6 Å². The number of carbonyl (C=O) groups is 1. The second-order valence-electron chi connectivity index (χ2n) is 6.08. The van der Waals surface area contributed by atoms with Crippen molar-refractivity contribution in [2.75, 3.05) is 14.2 Å². The molecule has 0 saturated carbocycles. The Labute approximate surface area is 175 Å². The van der Waals surface area contributed by atoms with Crippen molar-refractivity contribution in [2.24, 2.45) is 0 Å². The van der Waals surface area contributed by atoms with E-state index in [2.05, 4.69) is 0 Å². The second-order valence-corrected chi connectivity index (χ2v) is 6.51. The van der Waals surface area contributed by atoms with Gasteiger partial charge in [0.05, 0.1) is 19.9 Å². The van der Waals surface area contributed by atoms with E-state index in [1.54, 1.807) is 18.2 Å². The van der Waals surface area contributed by atoms with Crippen molar-refractivity contribution in [2.45, 2.75) is 0 Å². The molecular formula is C21H17ClN2O6. The first-order valence-electron chi connectivity index (χ1n) is 8.64. The lowest BCUT2D eigenvalue weighted by Gasteiger charge is -2.10. The summed E-state index contributed by atoms with van der Waals surface area (Å²) in [6.07, 6.45) is 2.53. The number of nitrogens with one attached hydrogen (secondary N) is 1. The number of allylic oxidation sites excluding steroid dienone is 1. The third-order valence-corrected chi connectivity index (χ3v) is 4.52. The van der Waals surface area contributed by atoms with E-state index in [0.717, 1.165) is 10.6 Å². The monoisotopic (exact) mass is 428 g/mol. The van der Waals surface area contributed by atoms with Crippen LogP contribution >= 0.6 is 11.6 Å². The first kappa shape index (κ1) is 20.9. The molecule has 3 aromatic rings. The zero-order valence-electron chi connectivity index (χ0n) is 16.0. The van der Waals surface area contributed by atoms with Crippen LogP contribution in [-0.2, 0) is 0 Å². The minimum Gasteiger partial charge on any atom is -0.497 e. The lowest BCUT2D eigenvalue weighted by Crippen LogP contribution is -2.32. The summed E-state index contributed by atoms with van der Waals surface area (Å²) in [5, 5.41) is 10.9. The Kier molecular flexibility index (Phi) is 6.08. The Morgan fingerprint density at radius 1 is 1.10 bits per heavy atom. The molecule has 0 aliphatic rings. The number of hydrogen-bond donors (Lipinski definition) is 2. The molecule has 30 heavy (non-hydrogen) atoms. The Morgan fingerprint density at radius 2 is 1.80 bits per heavy atom. The maximum atomic E-state index is 12.7. The maximum absolute atomic E-state index is 12.7. The van der Waals surface area contributed by atoms with E-state index in [0.29, 0.717) is 22.1 Å². The van der Waals surface area contributed by atoms with Gasteiger partial charge in [0.2, 0.25) is 5.88 Å². The van der Waals surface area contributed by atoms with Crippen LogP contribution in [0.25, 0.3) is 11.8 Å². The Bertz CT molecular complexity index is 1240. The fourth-order valence-electron chi connectivity index (χ4n) is 2.78. The highest BCUT2D eigenvalue weighted by atomic mass is 35.5. The van der Waals surface area contributed by atoms with Gasteiger partial charge in [0.1, 0.15) is 17.1 Å². The normalized spacial score (nSPS) is 10.9. The number of aromatic hydroxyl groups is 1. The number of H-pyrrole nitrogens is 1. The van der Waals surface area contributed by atoms with Gasteiger partial charge in [0, 0.05) is 16.7 Å². The minimum absolute atomic E-state index is 0.230. The van der Waals surface area contributed by atoms with Crippen LogP contribution in [0.1, 0.15) is 15.9 Å². The molecule has 0 atom stereocenters. The smallest absolute Gasteiger partial charge is 0.335 e. The van der Waals surface area contributed by atoms with Gasteiger partial charge in [-0.05, 0) is 48.6 Å². The average Bonchev–Trinajstić information content (AvgIpc) is 2.73. The SMILES string of the molecule is COc1ccc(C=CC(=O)c2c(O)n(-c3ccc(Cl)cc3)c(=O)[nH]c2=O)c(OC)c1. The molecule has 154 valence electrons. The number of aromatic amines is 1. The number of ether oxygens (including phenoxy) is 2. The number of ketones is 1. The fraction of sp³-hybridized carbons (Fsp3) is 0.0952. The van der Waals surface area contributed by atoms with Gasteiger partial charge < -0.3 is 14.6 Å². The van der Waals surface area contributed by atoms with Crippen molar-refractivity contribution in [1.82, 2.24) is 9.55 Å². The second kappa shape index (κ2) is 8.71. The van der Waals surface area contributed by atoms with E-state index < -0.39 is 28.5 Å². The maximum Gasteiger partial charge on any atom is 0.335 e. The summed E-state index contributed by atoms with van der Waals surface area (Å²) in [6, 6.07) is 10.9. The molecular weight excluding hydrogens is 412 g/mol. The lowest BCUT2D eigenvalue weighted by molar-refractivity contribution is 0.104. The topological polar surface area (TPSA) is 111 Å². The molecule has 9 heteroatoms. The molecule has 1 aromatic heterocycles. The number of carbonyl (C=O) groups excluding carboxylic acids is 1. The molecule has 8 nitrogen and oxygen atoms in total. The molecule has 0 bridgehead atoms. The van der Waals surface area contributed by atoms with E-state index in [-0.39, 0.29) is 5.69 Å². The molecule has 1 heterocycles.